The largest absolute Gasteiger partial charge is 0.462 e. The molecule has 0 bridgehead atoms. The molecule has 0 aromatic rings. The van der Waals surface area contributed by atoms with Gasteiger partial charge in [-0.25, -0.2) is 0 Å². The van der Waals surface area contributed by atoms with E-state index in [-0.39, 0.29) is 25.2 Å². The van der Waals surface area contributed by atoms with Gasteiger partial charge < -0.3 is 14.6 Å². The zero-order chi connectivity index (χ0) is 47.7. The first-order valence-corrected chi connectivity index (χ1v) is 28.5. The van der Waals surface area contributed by atoms with Crippen LogP contribution in [0.25, 0.3) is 0 Å². The van der Waals surface area contributed by atoms with E-state index in [9.17, 15) is 14.7 Å². The molecule has 0 rings (SSSR count). The average molecular weight is 922 g/mol. The van der Waals surface area contributed by atoms with E-state index in [2.05, 4.69) is 86.8 Å². The van der Waals surface area contributed by atoms with Crippen molar-refractivity contribution in [3.05, 3.63) is 72.9 Å². The van der Waals surface area contributed by atoms with Gasteiger partial charge in [0.15, 0.2) is 6.10 Å². The predicted molar refractivity (Wildman–Crippen MR) is 288 cm³/mol. The highest BCUT2D eigenvalue weighted by atomic mass is 16.6. The number of carbonyl (C=O) groups is 2. The van der Waals surface area contributed by atoms with E-state index in [1.54, 1.807) is 0 Å². The van der Waals surface area contributed by atoms with Crippen LogP contribution in [0.5, 0.6) is 0 Å². The first-order valence-electron chi connectivity index (χ1n) is 28.5. The van der Waals surface area contributed by atoms with Crippen LogP contribution < -0.4 is 0 Å². The molecule has 5 nitrogen and oxygen atoms in total. The quantitative estimate of drug-likeness (QED) is 0.0374. The second kappa shape index (κ2) is 56.7. The highest BCUT2D eigenvalue weighted by Crippen LogP contribution is 2.17. The SMILES string of the molecule is CC/C=C\C/C=C\C/C=C\C/C=C\C/C=C\C/C=C\CCCCCCCCCCCCC(=O)OC(CO)COC(=O)CCCCCCCCCCCCCCCCCCCCCCCCC. The Morgan fingerprint density at radius 2 is 0.652 bits per heavy atom. The summed E-state index contributed by atoms with van der Waals surface area (Å²) in [6.07, 6.45) is 77.3. The van der Waals surface area contributed by atoms with Crippen molar-refractivity contribution in [1.29, 1.82) is 0 Å². The lowest BCUT2D eigenvalue weighted by atomic mass is 10.0. The number of allylic oxidation sites excluding steroid dienone is 12. The van der Waals surface area contributed by atoms with Crippen molar-refractivity contribution >= 4 is 11.9 Å². The molecule has 0 fully saturated rings. The number of aliphatic hydroxyl groups excluding tert-OH is 1. The molecule has 1 atom stereocenters. The molecule has 0 aromatic heterocycles. The van der Waals surface area contributed by atoms with Crippen molar-refractivity contribution < 1.29 is 24.2 Å². The summed E-state index contributed by atoms with van der Waals surface area (Å²) in [5.74, 6) is -0.585. The molecule has 0 saturated heterocycles. The fourth-order valence-corrected chi connectivity index (χ4v) is 8.27. The third-order valence-electron chi connectivity index (χ3n) is 12.5. The van der Waals surface area contributed by atoms with E-state index in [1.807, 2.05) is 0 Å². The van der Waals surface area contributed by atoms with E-state index in [0.29, 0.717) is 12.8 Å². The number of ether oxygens (including phenoxy) is 2. The average Bonchev–Trinajstić information content (AvgIpc) is 3.32. The van der Waals surface area contributed by atoms with E-state index in [1.165, 1.54) is 180 Å². The lowest BCUT2D eigenvalue weighted by Crippen LogP contribution is -2.28. The number of carbonyl (C=O) groups excluding carboxylic acids is 2. The molecular weight excluding hydrogens is 813 g/mol. The monoisotopic (exact) mass is 921 g/mol. The molecule has 5 heteroatoms. The smallest absolute Gasteiger partial charge is 0.306 e. The highest BCUT2D eigenvalue weighted by molar-refractivity contribution is 5.70. The maximum atomic E-state index is 12.3. The van der Waals surface area contributed by atoms with Crippen LogP contribution in [0, 0.1) is 0 Å². The summed E-state index contributed by atoms with van der Waals surface area (Å²) in [6, 6.07) is 0. The summed E-state index contributed by atoms with van der Waals surface area (Å²) in [7, 11) is 0. The first-order chi connectivity index (χ1) is 32.6. The Labute approximate surface area is 410 Å². The Morgan fingerprint density at radius 3 is 0.985 bits per heavy atom. The highest BCUT2D eigenvalue weighted by Gasteiger charge is 2.16. The van der Waals surface area contributed by atoms with Gasteiger partial charge in [0, 0.05) is 12.8 Å². The molecule has 0 radical (unpaired) electrons. The summed E-state index contributed by atoms with van der Waals surface area (Å²) < 4.78 is 10.7. The van der Waals surface area contributed by atoms with Gasteiger partial charge >= 0.3 is 11.9 Å². The van der Waals surface area contributed by atoms with Crippen molar-refractivity contribution in [3.8, 4) is 0 Å². The van der Waals surface area contributed by atoms with Crippen LogP contribution in [-0.2, 0) is 19.1 Å². The molecule has 0 aliphatic heterocycles. The Balaban J connectivity index is 3.50. The van der Waals surface area contributed by atoms with Crippen LogP contribution in [0.4, 0.5) is 0 Å². The second-order valence-electron chi connectivity index (χ2n) is 19.0. The summed E-state index contributed by atoms with van der Waals surface area (Å²) in [5.41, 5.74) is 0. The lowest BCUT2D eigenvalue weighted by Gasteiger charge is -2.15. The van der Waals surface area contributed by atoms with Crippen molar-refractivity contribution in [2.45, 2.75) is 290 Å². The van der Waals surface area contributed by atoms with Gasteiger partial charge in [0.1, 0.15) is 6.61 Å². The number of unbranched alkanes of at least 4 members (excludes halogenated alkanes) is 32. The summed E-state index contributed by atoms with van der Waals surface area (Å²) >= 11 is 0. The second-order valence-corrected chi connectivity index (χ2v) is 19.0. The molecule has 1 unspecified atom stereocenters. The number of aliphatic hydroxyl groups is 1. The minimum atomic E-state index is -0.776. The van der Waals surface area contributed by atoms with Crippen LogP contribution in [0.15, 0.2) is 72.9 Å². The summed E-state index contributed by atoms with van der Waals surface area (Å²) in [4.78, 5) is 24.5. The molecule has 0 heterocycles. The minimum Gasteiger partial charge on any atom is -0.462 e. The summed E-state index contributed by atoms with van der Waals surface area (Å²) in [5, 5.41) is 9.66. The zero-order valence-corrected chi connectivity index (χ0v) is 43.7. The van der Waals surface area contributed by atoms with Gasteiger partial charge in [0.2, 0.25) is 0 Å². The molecule has 0 aliphatic carbocycles. The fourth-order valence-electron chi connectivity index (χ4n) is 8.27. The molecule has 66 heavy (non-hydrogen) atoms. The molecule has 0 amide bonds. The van der Waals surface area contributed by atoms with Gasteiger partial charge in [-0.3, -0.25) is 9.59 Å². The third-order valence-corrected chi connectivity index (χ3v) is 12.5. The lowest BCUT2D eigenvalue weighted by molar-refractivity contribution is -0.161. The van der Waals surface area contributed by atoms with E-state index < -0.39 is 6.10 Å². The number of rotatable bonds is 52. The number of esters is 2. The van der Waals surface area contributed by atoms with Crippen molar-refractivity contribution in [1.82, 2.24) is 0 Å². The number of hydrogen-bond donors (Lipinski definition) is 1. The minimum absolute atomic E-state index is 0.0665. The van der Waals surface area contributed by atoms with E-state index in [0.717, 1.165) is 77.0 Å². The van der Waals surface area contributed by atoms with Crippen molar-refractivity contribution in [3.63, 3.8) is 0 Å². The van der Waals surface area contributed by atoms with Gasteiger partial charge in [0.05, 0.1) is 6.61 Å². The molecule has 0 saturated carbocycles. The van der Waals surface area contributed by atoms with Crippen LogP contribution in [0.3, 0.4) is 0 Å². The number of hydrogen-bond acceptors (Lipinski definition) is 5. The maximum absolute atomic E-state index is 12.3. The zero-order valence-electron chi connectivity index (χ0n) is 43.7. The van der Waals surface area contributed by atoms with Gasteiger partial charge in [-0.1, -0.05) is 279 Å². The molecule has 0 aromatic carbocycles. The molecule has 1 N–H and O–H groups in total. The van der Waals surface area contributed by atoms with Crippen LogP contribution in [0.2, 0.25) is 0 Å². The van der Waals surface area contributed by atoms with E-state index in [4.69, 9.17) is 9.47 Å². The predicted octanol–water partition coefficient (Wildman–Crippen LogP) is 19.2. The Kier molecular flexibility index (Phi) is 54.4. The normalized spacial score (nSPS) is 12.7. The van der Waals surface area contributed by atoms with Crippen molar-refractivity contribution in [2.75, 3.05) is 13.2 Å². The van der Waals surface area contributed by atoms with Crippen molar-refractivity contribution in [2.24, 2.45) is 0 Å². The topological polar surface area (TPSA) is 72.8 Å². The van der Waals surface area contributed by atoms with Gasteiger partial charge in [-0.15, -0.1) is 0 Å². The third kappa shape index (κ3) is 54.0. The molecular formula is C61H108O5. The Hall–Kier alpha value is -2.66. The Morgan fingerprint density at radius 1 is 0.364 bits per heavy atom. The fraction of sp³-hybridized carbons (Fsp3) is 0.770. The molecule has 0 aliphatic rings. The van der Waals surface area contributed by atoms with Crippen LogP contribution in [-0.4, -0.2) is 36.4 Å². The van der Waals surface area contributed by atoms with Gasteiger partial charge in [-0.2, -0.15) is 0 Å². The van der Waals surface area contributed by atoms with E-state index >= 15 is 0 Å². The standard InChI is InChI=1S/C61H108O5/c1-3-5-7-9-11-13-15-17-19-21-23-25-27-28-29-30-31-32-34-36-38-40-42-44-46-48-50-52-54-56-61(64)66-59(57-62)58-65-60(63)55-53-51-49-47-45-43-41-39-37-35-33-26-24-22-20-18-16-14-12-10-8-6-4-2/h5,7,11,13,17,19,23,25,28-29,31-32,59,62H,3-4,6,8-10,12,14-16,18,20-22,24,26-27,30,33-58H2,1-2H3/b7-5-,13-11-,19-17-,25-23-,29-28-,32-31-. The Bertz CT molecular complexity index is 1180. The summed E-state index contributed by atoms with van der Waals surface area (Å²) in [6.45, 7) is 4.06. The van der Waals surface area contributed by atoms with Crippen LogP contribution in [0.1, 0.15) is 284 Å². The molecule has 0 spiro atoms. The maximum Gasteiger partial charge on any atom is 0.306 e. The molecule has 382 valence electrons. The van der Waals surface area contributed by atoms with Gasteiger partial charge in [-0.05, 0) is 64.2 Å². The van der Waals surface area contributed by atoms with Gasteiger partial charge in [0.25, 0.3) is 0 Å². The first kappa shape index (κ1) is 63.3. The van der Waals surface area contributed by atoms with Crippen LogP contribution >= 0.6 is 0 Å².